The summed E-state index contributed by atoms with van der Waals surface area (Å²) in [6.45, 7) is 6.78. The number of carbonyl (C=O) groups excluding carboxylic acids is 1. The van der Waals surface area contributed by atoms with Crippen molar-refractivity contribution in [1.29, 1.82) is 0 Å². The Morgan fingerprint density at radius 3 is 2.45 bits per heavy atom. The van der Waals surface area contributed by atoms with Gasteiger partial charge in [0.1, 0.15) is 5.75 Å². The molecule has 3 rings (SSSR count). The average molecular weight is 448 g/mol. The van der Waals surface area contributed by atoms with Gasteiger partial charge in [0.15, 0.2) is 0 Å². The van der Waals surface area contributed by atoms with Crippen molar-refractivity contribution in [3.8, 4) is 5.75 Å². The molecule has 0 atom stereocenters. The number of methoxy groups -OCH3 is 1. The van der Waals surface area contributed by atoms with Gasteiger partial charge in [-0.15, -0.1) is 0 Å². The minimum absolute atomic E-state index is 0.142. The number of hydrogen-bond donors (Lipinski definition) is 1. The van der Waals surface area contributed by atoms with Gasteiger partial charge in [-0.3, -0.25) is 4.79 Å². The Bertz CT molecular complexity index is 1020. The average Bonchev–Trinajstić information content (AvgIpc) is 2.80. The minimum atomic E-state index is -3.67. The Morgan fingerprint density at radius 1 is 1.13 bits per heavy atom. The maximum absolute atomic E-state index is 13.1. The number of nitrogens with one attached hydrogen (secondary N) is 1. The number of morpholine rings is 1. The highest BCUT2D eigenvalue weighted by atomic mass is 32.2. The number of carbonyl (C=O) groups is 1. The minimum Gasteiger partial charge on any atom is -0.496 e. The molecule has 1 aliphatic heterocycles. The van der Waals surface area contributed by atoms with Crippen LogP contribution < -0.4 is 15.0 Å². The Balaban J connectivity index is 2.03. The monoisotopic (exact) mass is 447 g/mol. The summed E-state index contributed by atoms with van der Waals surface area (Å²) in [6, 6.07) is 11.8. The predicted molar refractivity (Wildman–Crippen MR) is 121 cm³/mol. The lowest BCUT2D eigenvalue weighted by molar-refractivity contribution is 0.102. The zero-order chi connectivity index (χ0) is 22.4. The molecule has 1 N–H and O–H groups in total. The fraction of sp³-hybridized carbons (Fsp3) is 0.409. The molecule has 9 heteroatoms. The van der Waals surface area contributed by atoms with Crippen LogP contribution in [0.3, 0.4) is 0 Å². The molecule has 0 aliphatic carbocycles. The summed E-state index contributed by atoms with van der Waals surface area (Å²) in [5.74, 6) is 0.0733. The fourth-order valence-electron chi connectivity index (χ4n) is 3.59. The number of amides is 1. The third-order valence-corrected chi connectivity index (χ3v) is 7.31. The van der Waals surface area contributed by atoms with Crippen LogP contribution >= 0.6 is 0 Å². The number of hydrogen-bond acceptors (Lipinski definition) is 6. The highest BCUT2D eigenvalue weighted by Crippen LogP contribution is 2.32. The SMILES string of the molecule is CCN(CC)S(=O)(=O)c1ccc(N2CCOCC2)c(NC(=O)c2ccccc2OC)c1. The lowest BCUT2D eigenvalue weighted by Gasteiger charge is -2.31. The normalized spacial score (nSPS) is 14.5. The number of nitrogens with zero attached hydrogens (tertiary/aromatic N) is 2. The molecule has 0 aromatic heterocycles. The van der Waals surface area contributed by atoms with E-state index in [0.717, 1.165) is 5.69 Å². The number of ether oxygens (including phenoxy) is 2. The van der Waals surface area contributed by atoms with E-state index >= 15 is 0 Å². The molecule has 0 radical (unpaired) electrons. The second kappa shape index (κ2) is 10.1. The molecule has 2 aromatic rings. The summed E-state index contributed by atoms with van der Waals surface area (Å²) in [4.78, 5) is 15.3. The van der Waals surface area contributed by atoms with E-state index in [4.69, 9.17) is 9.47 Å². The predicted octanol–water partition coefficient (Wildman–Crippen LogP) is 2.81. The van der Waals surface area contributed by atoms with E-state index in [1.54, 1.807) is 50.2 Å². The van der Waals surface area contributed by atoms with Gasteiger partial charge >= 0.3 is 0 Å². The maximum atomic E-state index is 13.1. The highest BCUT2D eigenvalue weighted by Gasteiger charge is 2.25. The molecule has 1 aliphatic rings. The van der Waals surface area contributed by atoms with E-state index in [2.05, 4.69) is 10.2 Å². The first kappa shape index (κ1) is 23.1. The van der Waals surface area contributed by atoms with Gasteiger partial charge in [0.2, 0.25) is 10.0 Å². The van der Waals surface area contributed by atoms with E-state index in [0.29, 0.717) is 56.4 Å². The van der Waals surface area contributed by atoms with Crippen LogP contribution in [0.4, 0.5) is 11.4 Å². The molecule has 1 heterocycles. The summed E-state index contributed by atoms with van der Waals surface area (Å²) < 4.78 is 38.2. The van der Waals surface area contributed by atoms with Gasteiger partial charge in [0.05, 0.1) is 42.2 Å². The van der Waals surface area contributed by atoms with E-state index in [-0.39, 0.29) is 10.8 Å². The second-order valence-corrected chi connectivity index (χ2v) is 8.96. The van der Waals surface area contributed by atoms with Gasteiger partial charge in [0, 0.05) is 26.2 Å². The zero-order valence-corrected chi connectivity index (χ0v) is 18.9. The molecule has 0 unspecified atom stereocenters. The molecule has 0 bridgehead atoms. The van der Waals surface area contributed by atoms with Crippen LogP contribution in [-0.4, -0.2) is 65.1 Å². The molecule has 0 spiro atoms. The summed E-state index contributed by atoms with van der Waals surface area (Å²) in [5, 5.41) is 2.90. The van der Waals surface area contributed by atoms with Crippen LogP contribution in [0.5, 0.6) is 5.75 Å². The first-order valence-electron chi connectivity index (χ1n) is 10.3. The van der Waals surface area contributed by atoms with Crippen molar-refractivity contribution in [3.05, 3.63) is 48.0 Å². The molecular formula is C22H29N3O5S. The standard InChI is InChI=1S/C22H29N3O5S/c1-4-25(5-2)31(27,28)17-10-11-20(24-12-14-30-15-13-24)19(16-17)23-22(26)18-8-6-7-9-21(18)29-3/h6-11,16H,4-5,12-15H2,1-3H3,(H,23,26). The number of rotatable bonds is 8. The quantitative estimate of drug-likeness (QED) is 0.670. The van der Waals surface area contributed by atoms with Crippen molar-refractivity contribution < 1.29 is 22.7 Å². The number of anilines is 2. The van der Waals surface area contributed by atoms with Crippen molar-refractivity contribution in [3.63, 3.8) is 0 Å². The largest absolute Gasteiger partial charge is 0.496 e. The highest BCUT2D eigenvalue weighted by molar-refractivity contribution is 7.89. The van der Waals surface area contributed by atoms with Gasteiger partial charge in [-0.25, -0.2) is 8.42 Å². The number of para-hydroxylation sites is 1. The first-order valence-corrected chi connectivity index (χ1v) is 11.8. The van der Waals surface area contributed by atoms with Crippen molar-refractivity contribution >= 4 is 27.3 Å². The van der Waals surface area contributed by atoms with Crippen LogP contribution in [0, 0.1) is 0 Å². The van der Waals surface area contributed by atoms with E-state index in [9.17, 15) is 13.2 Å². The molecule has 1 fully saturated rings. The lowest BCUT2D eigenvalue weighted by atomic mass is 10.1. The summed E-state index contributed by atoms with van der Waals surface area (Å²) >= 11 is 0. The Kier molecular flexibility index (Phi) is 7.53. The summed E-state index contributed by atoms with van der Waals surface area (Å²) in [5.41, 5.74) is 1.56. The Labute approximate surface area is 183 Å². The molecular weight excluding hydrogens is 418 g/mol. The van der Waals surface area contributed by atoms with Gasteiger partial charge in [-0.2, -0.15) is 4.31 Å². The van der Waals surface area contributed by atoms with Crippen LogP contribution in [0.15, 0.2) is 47.4 Å². The molecule has 1 amide bonds. The second-order valence-electron chi connectivity index (χ2n) is 7.02. The van der Waals surface area contributed by atoms with Gasteiger partial charge in [0.25, 0.3) is 5.91 Å². The maximum Gasteiger partial charge on any atom is 0.259 e. The molecule has 8 nitrogen and oxygen atoms in total. The summed E-state index contributed by atoms with van der Waals surface area (Å²) in [7, 11) is -2.17. The van der Waals surface area contributed by atoms with Gasteiger partial charge in [-0.05, 0) is 30.3 Å². The lowest BCUT2D eigenvalue weighted by Crippen LogP contribution is -2.37. The van der Waals surface area contributed by atoms with E-state index < -0.39 is 10.0 Å². The van der Waals surface area contributed by atoms with Crippen molar-refractivity contribution in [1.82, 2.24) is 4.31 Å². The Hall–Kier alpha value is -2.62. The Morgan fingerprint density at radius 2 is 1.81 bits per heavy atom. The third kappa shape index (κ3) is 5.00. The van der Waals surface area contributed by atoms with Crippen LogP contribution in [0.25, 0.3) is 0 Å². The van der Waals surface area contributed by atoms with Crippen LogP contribution in [0.1, 0.15) is 24.2 Å². The fourth-order valence-corrected chi connectivity index (χ4v) is 5.07. The van der Waals surface area contributed by atoms with Crippen molar-refractivity contribution in [2.24, 2.45) is 0 Å². The van der Waals surface area contributed by atoms with E-state index in [1.165, 1.54) is 17.5 Å². The summed E-state index contributed by atoms with van der Waals surface area (Å²) in [6.07, 6.45) is 0. The number of benzene rings is 2. The van der Waals surface area contributed by atoms with E-state index in [1.807, 2.05) is 0 Å². The molecule has 168 valence electrons. The molecule has 31 heavy (non-hydrogen) atoms. The van der Waals surface area contributed by atoms with Crippen molar-refractivity contribution in [2.75, 3.05) is 56.7 Å². The smallest absolute Gasteiger partial charge is 0.259 e. The topological polar surface area (TPSA) is 88.2 Å². The van der Waals surface area contributed by atoms with Gasteiger partial charge < -0.3 is 19.7 Å². The molecule has 2 aromatic carbocycles. The van der Waals surface area contributed by atoms with Gasteiger partial charge in [-0.1, -0.05) is 26.0 Å². The van der Waals surface area contributed by atoms with Crippen molar-refractivity contribution in [2.45, 2.75) is 18.7 Å². The third-order valence-electron chi connectivity index (χ3n) is 5.26. The van der Waals surface area contributed by atoms with Crippen LogP contribution in [0.2, 0.25) is 0 Å². The molecule has 1 saturated heterocycles. The van der Waals surface area contributed by atoms with Crippen LogP contribution in [-0.2, 0) is 14.8 Å². The first-order chi connectivity index (χ1) is 14.9. The number of sulfonamides is 1. The zero-order valence-electron chi connectivity index (χ0n) is 18.1. The molecule has 0 saturated carbocycles.